The number of ketones is 1. The zero-order valence-corrected chi connectivity index (χ0v) is 34.8. The Kier molecular flexibility index (Phi) is 22.6. The number of Topliss-reactive ketones (excluding diaryl/α,β-unsaturated/α-hetero) is 1. The number of hydrogen-bond acceptors (Lipinski definition) is 7. The summed E-state index contributed by atoms with van der Waals surface area (Å²) in [6.07, 6.45) is 37.7. The number of allylic oxidation sites excluding steroid dienone is 1. The van der Waals surface area contributed by atoms with E-state index >= 15 is 0 Å². The molecular weight excluding hydrogens is 664 g/mol. The largest absolute Gasteiger partial charge is 0.465 e. The quantitative estimate of drug-likeness (QED) is 0.0375. The first kappa shape index (κ1) is 45.7. The van der Waals surface area contributed by atoms with Gasteiger partial charge in [-0.1, -0.05) is 186 Å². The van der Waals surface area contributed by atoms with Crippen molar-refractivity contribution in [2.75, 3.05) is 14.2 Å². The molecular formula is C46H80O7. The smallest absolute Gasteiger partial charge is 0.341 e. The highest BCUT2D eigenvalue weighted by Gasteiger charge is 2.68. The van der Waals surface area contributed by atoms with E-state index in [1.807, 2.05) is 0 Å². The highest BCUT2D eigenvalue weighted by molar-refractivity contribution is 6.21. The first-order valence-corrected chi connectivity index (χ1v) is 22.7. The van der Waals surface area contributed by atoms with Crippen LogP contribution in [0.2, 0.25) is 0 Å². The van der Waals surface area contributed by atoms with Crippen LogP contribution >= 0.6 is 0 Å². The van der Waals surface area contributed by atoms with E-state index in [-0.39, 0.29) is 23.7 Å². The van der Waals surface area contributed by atoms with E-state index in [0.29, 0.717) is 25.7 Å². The summed E-state index contributed by atoms with van der Waals surface area (Å²) < 4.78 is 23.8. The van der Waals surface area contributed by atoms with Gasteiger partial charge in [0, 0.05) is 20.0 Å². The van der Waals surface area contributed by atoms with Gasteiger partial charge in [-0.2, -0.15) is 0 Å². The zero-order valence-electron chi connectivity index (χ0n) is 34.8. The molecule has 0 unspecified atom stereocenters. The van der Waals surface area contributed by atoms with Crippen molar-refractivity contribution in [3.05, 3.63) is 11.1 Å². The van der Waals surface area contributed by atoms with E-state index in [1.165, 1.54) is 161 Å². The zero-order chi connectivity index (χ0) is 38.2. The summed E-state index contributed by atoms with van der Waals surface area (Å²) in [4.78, 5) is 39.8. The van der Waals surface area contributed by atoms with E-state index in [1.54, 1.807) is 7.11 Å². The van der Waals surface area contributed by atoms with Gasteiger partial charge in [0.25, 0.3) is 0 Å². The van der Waals surface area contributed by atoms with Gasteiger partial charge in [-0.15, -0.1) is 0 Å². The maximum Gasteiger partial charge on any atom is 0.341 e. The Labute approximate surface area is 324 Å². The van der Waals surface area contributed by atoms with Crippen LogP contribution in [0.5, 0.6) is 0 Å². The van der Waals surface area contributed by atoms with Crippen molar-refractivity contribution in [3.63, 3.8) is 0 Å². The first-order chi connectivity index (χ1) is 25.9. The number of hydrogen-bond donors (Lipinski definition) is 0. The molecule has 3 rings (SSSR count). The Hall–Kier alpha value is -1.73. The first-order valence-electron chi connectivity index (χ1n) is 22.7. The van der Waals surface area contributed by atoms with Crippen molar-refractivity contribution in [2.24, 2.45) is 5.92 Å². The highest BCUT2D eigenvalue weighted by Crippen LogP contribution is 2.55. The lowest BCUT2D eigenvalue weighted by atomic mass is 9.78. The molecule has 0 aromatic heterocycles. The molecule has 2 fully saturated rings. The van der Waals surface area contributed by atoms with Gasteiger partial charge in [-0.25, -0.2) is 4.79 Å². The van der Waals surface area contributed by atoms with Crippen LogP contribution in [0, 0.1) is 5.92 Å². The Bertz CT molecular complexity index is 1080. The molecule has 0 radical (unpaired) electrons. The Morgan fingerprint density at radius 1 is 0.642 bits per heavy atom. The Morgan fingerprint density at radius 2 is 1.08 bits per heavy atom. The van der Waals surface area contributed by atoms with Gasteiger partial charge in [0.1, 0.15) is 17.3 Å². The van der Waals surface area contributed by atoms with Gasteiger partial charge >= 0.3 is 11.9 Å². The van der Waals surface area contributed by atoms with E-state index < -0.39 is 29.4 Å². The predicted molar refractivity (Wildman–Crippen MR) is 215 cm³/mol. The van der Waals surface area contributed by atoms with E-state index in [9.17, 15) is 14.4 Å². The van der Waals surface area contributed by atoms with E-state index in [0.717, 1.165) is 31.3 Å². The second-order valence-corrected chi connectivity index (χ2v) is 16.8. The maximum absolute atomic E-state index is 14.0. The van der Waals surface area contributed by atoms with Crippen LogP contribution in [-0.2, 0) is 33.3 Å². The molecule has 7 heteroatoms. The summed E-state index contributed by atoms with van der Waals surface area (Å²) in [6, 6.07) is 0. The Morgan fingerprint density at radius 3 is 1.51 bits per heavy atom. The lowest BCUT2D eigenvalue weighted by Crippen LogP contribution is -2.47. The molecule has 4 atom stereocenters. The lowest BCUT2D eigenvalue weighted by Gasteiger charge is -2.35. The number of ether oxygens (including phenoxy) is 4. The van der Waals surface area contributed by atoms with Crippen molar-refractivity contribution in [1.82, 2.24) is 0 Å². The molecule has 0 amide bonds. The molecule has 2 heterocycles. The fourth-order valence-corrected chi connectivity index (χ4v) is 9.31. The predicted octanol–water partition coefficient (Wildman–Crippen LogP) is 12.6. The van der Waals surface area contributed by atoms with Crippen molar-refractivity contribution < 1.29 is 33.3 Å². The van der Waals surface area contributed by atoms with Crippen molar-refractivity contribution in [3.8, 4) is 0 Å². The molecule has 0 bridgehead atoms. The van der Waals surface area contributed by atoms with Crippen LogP contribution in [0.15, 0.2) is 11.1 Å². The van der Waals surface area contributed by atoms with Gasteiger partial charge < -0.3 is 18.9 Å². The van der Waals surface area contributed by atoms with Crippen LogP contribution < -0.4 is 0 Å². The van der Waals surface area contributed by atoms with Gasteiger partial charge in [0.15, 0.2) is 11.6 Å². The number of methoxy groups -OCH3 is 2. The fraction of sp³-hybridized carbons (Fsp3) is 0.891. The minimum Gasteiger partial charge on any atom is -0.465 e. The van der Waals surface area contributed by atoms with Crippen LogP contribution in [0.4, 0.5) is 0 Å². The molecule has 7 nitrogen and oxygen atoms in total. The average Bonchev–Trinajstić information content (AvgIpc) is 3.76. The second kappa shape index (κ2) is 26.2. The summed E-state index contributed by atoms with van der Waals surface area (Å²) in [5, 5.41) is 0. The van der Waals surface area contributed by atoms with Crippen molar-refractivity contribution >= 4 is 17.7 Å². The number of fused-ring (bicyclic) bond motifs is 1. The van der Waals surface area contributed by atoms with Gasteiger partial charge in [0.05, 0.1) is 19.4 Å². The molecule has 3 aliphatic rings. The van der Waals surface area contributed by atoms with Crippen LogP contribution in [0.3, 0.4) is 0 Å². The molecule has 0 saturated carbocycles. The highest BCUT2D eigenvalue weighted by atomic mass is 16.7. The summed E-state index contributed by atoms with van der Waals surface area (Å²) in [5.41, 5.74) is -0.0922. The third-order valence-corrected chi connectivity index (χ3v) is 12.6. The van der Waals surface area contributed by atoms with Crippen LogP contribution in [0.1, 0.15) is 226 Å². The number of rotatable bonds is 33. The summed E-state index contributed by atoms with van der Waals surface area (Å²) >= 11 is 0. The maximum atomic E-state index is 14.0. The van der Waals surface area contributed by atoms with Crippen LogP contribution in [-0.4, -0.2) is 49.4 Å². The number of carbonyl (C=O) groups excluding carboxylic acids is 3. The van der Waals surface area contributed by atoms with E-state index in [4.69, 9.17) is 18.9 Å². The number of unbranched alkanes of at least 4 members (excludes halogenated alkanes) is 26. The molecule has 306 valence electrons. The van der Waals surface area contributed by atoms with Crippen molar-refractivity contribution in [1.29, 1.82) is 0 Å². The summed E-state index contributed by atoms with van der Waals surface area (Å²) in [6.45, 7) is 4.54. The SMILES string of the molecule is CCCCCCCCCCCCCCCCC1=C(C(=O)OC)C(=O)[C@H]([C@]23CC(=O)O[C@H]2C[C@@](CCCCCCCCCCCCCCCC)(OC)O3)C1. The second-order valence-electron chi connectivity index (χ2n) is 16.8. The van der Waals surface area contributed by atoms with Gasteiger partial charge in [0.2, 0.25) is 0 Å². The molecule has 1 aliphatic carbocycles. The minimum absolute atomic E-state index is 0.0124. The lowest BCUT2D eigenvalue weighted by molar-refractivity contribution is -0.251. The molecule has 0 aromatic carbocycles. The average molecular weight is 745 g/mol. The summed E-state index contributed by atoms with van der Waals surface area (Å²) in [7, 11) is 3.00. The van der Waals surface area contributed by atoms with Gasteiger partial charge in [-0.05, 0) is 25.7 Å². The third kappa shape index (κ3) is 15.0. The monoisotopic (exact) mass is 745 g/mol. The molecule has 0 spiro atoms. The third-order valence-electron chi connectivity index (χ3n) is 12.6. The normalized spacial score (nSPS) is 24.0. The van der Waals surface area contributed by atoms with Crippen molar-refractivity contribution in [2.45, 2.75) is 243 Å². The molecule has 0 aromatic rings. The van der Waals surface area contributed by atoms with E-state index in [2.05, 4.69) is 13.8 Å². The molecule has 0 N–H and O–H groups in total. The standard InChI is InChI=1S/C46H80O7/c1-5-7-9-11-13-15-17-19-21-23-25-27-29-31-33-38-35-39(43(48)42(38)44(49)50-3)46-37-41(47)52-40(46)36-45(51-4,53-46)34-32-30-28-26-24-22-20-18-16-14-12-10-8-6-2/h39-40H,5-37H2,1-4H3/t39-,40+,45+,46-/m1/s1. The molecule has 53 heavy (non-hydrogen) atoms. The number of esters is 2. The molecule has 2 aliphatic heterocycles. The van der Waals surface area contributed by atoms with Crippen LogP contribution in [0.25, 0.3) is 0 Å². The fourth-order valence-electron chi connectivity index (χ4n) is 9.31. The number of carbonyl (C=O) groups is 3. The van der Waals surface area contributed by atoms with Gasteiger partial charge in [-0.3, -0.25) is 9.59 Å². The Balaban J connectivity index is 1.41. The molecule has 2 saturated heterocycles. The minimum atomic E-state index is -1.11. The topological polar surface area (TPSA) is 88.1 Å². The summed E-state index contributed by atoms with van der Waals surface area (Å²) in [5.74, 6) is -2.73.